The lowest BCUT2D eigenvalue weighted by Gasteiger charge is -2.36. The van der Waals surface area contributed by atoms with Gasteiger partial charge in [0.1, 0.15) is 23.7 Å². The number of hydrogen-bond donors (Lipinski definition) is 3. The van der Waals surface area contributed by atoms with E-state index < -0.39 is 73.9 Å². The fourth-order valence-corrected chi connectivity index (χ4v) is 8.73. The minimum Gasteiger partial charge on any atom is -0.465 e. The molecule has 51 heavy (non-hydrogen) atoms. The van der Waals surface area contributed by atoms with Crippen LogP contribution < -0.4 is 20.1 Å². The normalized spacial score (nSPS) is 24.0. The number of para-hydroxylation sites is 1. The van der Waals surface area contributed by atoms with Crippen LogP contribution in [0.25, 0.3) is 10.2 Å². The van der Waals surface area contributed by atoms with E-state index in [9.17, 15) is 36.0 Å². The monoisotopic (exact) mass is 751 g/mol. The molecular weight excluding hydrogens is 708 g/mol. The van der Waals surface area contributed by atoms with Crippen LogP contribution >= 0.6 is 11.3 Å². The predicted molar refractivity (Wildman–Crippen MR) is 189 cm³/mol. The minimum absolute atomic E-state index is 0. The molecule has 5 atom stereocenters. The zero-order chi connectivity index (χ0) is 36.2. The van der Waals surface area contributed by atoms with Gasteiger partial charge in [-0.1, -0.05) is 71.1 Å². The number of rotatable bonds is 11. The van der Waals surface area contributed by atoms with Crippen LogP contribution in [-0.2, 0) is 30.6 Å². The van der Waals surface area contributed by atoms with E-state index in [1.165, 1.54) is 28.4 Å². The molecular formula is C35H44F3N5O6S2. The molecule has 3 aromatic rings. The Morgan fingerprint density at radius 3 is 2.41 bits per heavy atom. The number of amides is 3. The summed E-state index contributed by atoms with van der Waals surface area (Å²) >= 11 is 1.31. The number of benzene rings is 2. The summed E-state index contributed by atoms with van der Waals surface area (Å²) < 4.78 is 75.1. The lowest BCUT2D eigenvalue weighted by atomic mass is 9.85. The van der Waals surface area contributed by atoms with Gasteiger partial charge in [-0.25, -0.2) is 13.4 Å². The number of anilines is 1. The molecule has 2 aliphatic carbocycles. The van der Waals surface area contributed by atoms with Crippen molar-refractivity contribution in [2.45, 2.75) is 102 Å². The van der Waals surface area contributed by atoms with Gasteiger partial charge in [-0.15, -0.1) is 0 Å². The number of likely N-dealkylation sites (tertiary alicyclic amines) is 1. The number of carbonyl (C=O) groups is 3. The fraction of sp³-hybridized carbons (Fsp3) is 0.543. The number of nitrogens with one attached hydrogen (secondary N) is 3. The van der Waals surface area contributed by atoms with Crippen LogP contribution in [-0.4, -0.2) is 71.5 Å². The van der Waals surface area contributed by atoms with Gasteiger partial charge in [0.05, 0.1) is 27.6 Å². The summed E-state index contributed by atoms with van der Waals surface area (Å²) in [6.07, 6.45) is -3.61. The summed E-state index contributed by atoms with van der Waals surface area (Å²) in [5.41, 5.74) is -2.38. The van der Waals surface area contributed by atoms with Crippen LogP contribution in [0.3, 0.4) is 0 Å². The Bertz CT molecular complexity index is 1880. The molecule has 1 saturated heterocycles. The lowest BCUT2D eigenvalue weighted by Crippen LogP contribution is -2.58. The van der Waals surface area contributed by atoms with E-state index in [1.807, 2.05) is 31.2 Å². The highest BCUT2D eigenvalue weighted by atomic mass is 32.2. The van der Waals surface area contributed by atoms with Gasteiger partial charge >= 0.3 is 6.18 Å². The van der Waals surface area contributed by atoms with E-state index in [1.54, 1.807) is 20.8 Å². The standard InChI is InChI=1S/C34H40F3N5O6S2.CH4/c1-5-19-17-33(19,30(45)41-50(46,47)23-13-14-23)40-28(43)25-16-22(48-31-39-24-11-6-7-12-26(24)49-31)18-42(25)29(44)27(32(2,3)4)38-21-10-8-9-20(15-21)34(35,36)37;/h6-12,15,19,22-23,25,27,38H,5,13-14,16-18H2,1-4H3,(H,40,43)(H,41,45);1H4/t19-,22-,25+,27-,33-;/m1./s1. The van der Waals surface area contributed by atoms with Gasteiger partial charge in [0, 0.05) is 12.1 Å². The maximum absolute atomic E-state index is 14.5. The van der Waals surface area contributed by atoms with Crippen LogP contribution in [0, 0.1) is 11.3 Å². The van der Waals surface area contributed by atoms with E-state index in [0.717, 1.165) is 22.3 Å². The number of hydrogen-bond acceptors (Lipinski definition) is 9. The number of fused-ring (bicyclic) bond motifs is 1. The highest BCUT2D eigenvalue weighted by Gasteiger charge is 2.62. The quantitative estimate of drug-likeness (QED) is 0.226. The first-order chi connectivity index (χ1) is 23.4. The second kappa shape index (κ2) is 13.9. The Morgan fingerprint density at radius 1 is 1.10 bits per heavy atom. The molecule has 0 spiro atoms. The molecule has 11 nitrogen and oxygen atoms in total. The number of ether oxygens (including phenoxy) is 1. The molecule has 2 aromatic carbocycles. The van der Waals surface area contributed by atoms with Gasteiger partial charge in [0.25, 0.3) is 11.1 Å². The maximum Gasteiger partial charge on any atom is 0.416 e. The van der Waals surface area contributed by atoms with Crippen molar-refractivity contribution in [3.05, 3.63) is 54.1 Å². The molecule has 3 aliphatic rings. The van der Waals surface area contributed by atoms with Crippen molar-refractivity contribution >= 4 is 55.0 Å². The first kappa shape index (κ1) is 38.3. The molecule has 0 radical (unpaired) electrons. The third-order valence-electron chi connectivity index (χ3n) is 9.55. The third kappa shape index (κ3) is 8.11. The van der Waals surface area contributed by atoms with Gasteiger partial charge in [-0.05, 0) is 60.9 Å². The van der Waals surface area contributed by atoms with Gasteiger partial charge in [0.15, 0.2) is 0 Å². The van der Waals surface area contributed by atoms with Crippen molar-refractivity contribution in [3.63, 3.8) is 0 Å². The third-order valence-corrected chi connectivity index (χ3v) is 12.3. The number of nitrogens with zero attached hydrogens (tertiary/aromatic N) is 2. The zero-order valence-electron chi connectivity index (χ0n) is 28.0. The number of thiazole rings is 1. The van der Waals surface area contributed by atoms with Crippen LogP contribution in [0.15, 0.2) is 48.5 Å². The number of sulfonamides is 1. The summed E-state index contributed by atoms with van der Waals surface area (Å²) in [6.45, 7) is 7.06. The Balaban J connectivity index is 0.00000504. The lowest BCUT2D eigenvalue weighted by molar-refractivity contribution is -0.141. The highest BCUT2D eigenvalue weighted by Crippen LogP contribution is 2.47. The SMILES string of the molecule is C.CC[C@@H]1C[C@]1(NC(=O)[C@@H]1C[C@@H](Oc2nc3ccccc3s2)CN1C(=O)[C@@H](Nc1cccc(C(F)(F)F)c1)C(C)(C)C)C(=O)NS(=O)(=O)C1CC1. The Morgan fingerprint density at radius 2 is 1.80 bits per heavy atom. The minimum atomic E-state index is -4.60. The van der Waals surface area contributed by atoms with Crippen LogP contribution in [0.1, 0.15) is 72.8 Å². The van der Waals surface area contributed by atoms with E-state index in [0.29, 0.717) is 24.5 Å². The van der Waals surface area contributed by atoms with Gasteiger partial charge in [0.2, 0.25) is 21.8 Å². The number of alkyl halides is 3. The molecule has 1 aromatic heterocycles. The molecule has 0 bridgehead atoms. The molecule has 6 rings (SSSR count). The van der Waals surface area contributed by atoms with Crippen LogP contribution in [0.4, 0.5) is 18.9 Å². The van der Waals surface area contributed by atoms with Crippen molar-refractivity contribution in [2.75, 3.05) is 11.9 Å². The first-order valence-corrected chi connectivity index (χ1v) is 18.9. The molecule has 2 saturated carbocycles. The van der Waals surface area contributed by atoms with E-state index in [-0.39, 0.29) is 38.4 Å². The second-order valence-electron chi connectivity index (χ2n) is 14.4. The number of halogens is 3. The van der Waals surface area contributed by atoms with E-state index >= 15 is 0 Å². The smallest absolute Gasteiger partial charge is 0.416 e. The van der Waals surface area contributed by atoms with Crippen molar-refractivity contribution in [1.82, 2.24) is 19.9 Å². The largest absolute Gasteiger partial charge is 0.465 e. The molecule has 2 heterocycles. The van der Waals surface area contributed by atoms with Crippen molar-refractivity contribution in [1.29, 1.82) is 0 Å². The van der Waals surface area contributed by atoms with Gasteiger partial charge in [-0.2, -0.15) is 13.2 Å². The summed E-state index contributed by atoms with van der Waals surface area (Å²) in [7, 11) is -3.88. The average molecular weight is 752 g/mol. The van der Waals surface area contributed by atoms with Crippen LogP contribution in [0.2, 0.25) is 0 Å². The van der Waals surface area contributed by atoms with Crippen molar-refractivity contribution in [2.24, 2.45) is 11.3 Å². The van der Waals surface area contributed by atoms with Crippen LogP contribution in [0.5, 0.6) is 5.19 Å². The second-order valence-corrected chi connectivity index (χ2v) is 17.4. The Kier molecular flexibility index (Phi) is 10.4. The van der Waals surface area contributed by atoms with Gasteiger partial charge < -0.3 is 20.3 Å². The molecule has 16 heteroatoms. The summed E-state index contributed by atoms with van der Waals surface area (Å²) in [5, 5.41) is 5.50. The Labute approximate surface area is 299 Å². The summed E-state index contributed by atoms with van der Waals surface area (Å²) in [6, 6.07) is 9.76. The van der Waals surface area contributed by atoms with Gasteiger partial charge in [-0.3, -0.25) is 19.1 Å². The van der Waals surface area contributed by atoms with E-state index in [2.05, 4.69) is 20.3 Å². The van der Waals surface area contributed by atoms with E-state index in [4.69, 9.17) is 4.74 Å². The molecule has 0 unspecified atom stereocenters. The molecule has 278 valence electrons. The molecule has 3 amide bonds. The highest BCUT2D eigenvalue weighted by molar-refractivity contribution is 7.91. The predicted octanol–water partition coefficient (Wildman–Crippen LogP) is 5.72. The Hall–Kier alpha value is -3.92. The zero-order valence-corrected chi connectivity index (χ0v) is 29.7. The molecule has 3 N–H and O–H groups in total. The topological polar surface area (TPSA) is 147 Å². The van der Waals surface area contributed by atoms with Crippen molar-refractivity contribution in [3.8, 4) is 5.19 Å². The van der Waals surface area contributed by atoms with Crippen molar-refractivity contribution < 1.29 is 40.7 Å². The molecule has 1 aliphatic heterocycles. The molecule has 3 fully saturated rings. The fourth-order valence-electron chi connectivity index (χ4n) is 6.48. The maximum atomic E-state index is 14.5. The summed E-state index contributed by atoms with van der Waals surface area (Å²) in [4.78, 5) is 47.9. The number of carbonyl (C=O) groups excluding carboxylic acids is 3. The summed E-state index contributed by atoms with van der Waals surface area (Å²) in [5.74, 6) is -2.33. The first-order valence-electron chi connectivity index (χ1n) is 16.6. The average Bonchev–Trinajstić information content (AvgIpc) is 3.94. The number of aromatic nitrogens is 1.